The van der Waals surface area contributed by atoms with Crippen LogP contribution in [0.3, 0.4) is 0 Å². The van der Waals surface area contributed by atoms with E-state index in [2.05, 4.69) is 22.9 Å². The molecule has 4 aliphatic carbocycles. The zero-order chi connectivity index (χ0) is 79.8. The summed E-state index contributed by atoms with van der Waals surface area (Å²) in [5.41, 5.74) is -2.11. The van der Waals surface area contributed by atoms with Crippen LogP contribution in [0, 0.1) is 46.8 Å². The summed E-state index contributed by atoms with van der Waals surface area (Å²) in [6, 6.07) is -11.2. The molecule has 2 bridgehead atoms. The maximum Gasteiger partial charge on any atom is 0.394 e. The van der Waals surface area contributed by atoms with E-state index in [0.29, 0.717) is 38.0 Å². The van der Waals surface area contributed by atoms with Gasteiger partial charge in [-0.05, 0) is 131 Å². The first kappa shape index (κ1) is 86.7. The van der Waals surface area contributed by atoms with Gasteiger partial charge in [0, 0.05) is 89.6 Å². The Bertz CT molecular complexity index is 3260. The summed E-state index contributed by atoms with van der Waals surface area (Å²) < 4.78 is 54.3. The molecule has 15 atom stereocenters. The molecule has 8 rings (SSSR count). The molecule has 3 N–H and O–H groups in total. The SMILES string of the molecule is CCC[C@H]1C(=O)N[C@@H]([C@@H](C)CC)C(=O)N2C[C@@H](OC)C[C@H]2C(=O)N(C)[C@H]2C/C=C\CCN(C2=O)[C@@H](CC2CCC(C)CC2)C(=O)N(C)CC(=O)N[C@@H](CCC2CCC(C(F)(F)F)C(OC)C2)C(=O)N2C[C@@H](C)C[C@H]2C(=O)NC2(CC(C)(C)C2)C(=O)N(C)[C@@H](C2CCCC2)C(=O)N(C)[C@H](C(=O)N(C)C)CC(=O)N1C. The zero-order valence-electron chi connectivity index (χ0n) is 67.2. The second kappa shape index (κ2) is 36.9. The van der Waals surface area contributed by atoms with E-state index in [1.54, 1.807) is 6.92 Å². The Morgan fingerprint density at radius 1 is 0.648 bits per heavy atom. The van der Waals surface area contributed by atoms with Crippen molar-refractivity contribution in [1.82, 2.24) is 60.0 Å². The fraction of sp³-hybridized carbons (Fsp3) is 0.823. The van der Waals surface area contributed by atoms with Gasteiger partial charge in [-0.3, -0.25) is 57.5 Å². The summed E-state index contributed by atoms with van der Waals surface area (Å²) in [7, 11) is 13.0. The first-order chi connectivity index (χ1) is 50.8. The van der Waals surface area contributed by atoms with Gasteiger partial charge in [-0.15, -0.1) is 0 Å². The van der Waals surface area contributed by atoms with Crippen LogP contribution in [0.5, 0.6) is 0 Å². The molecule has 0 aromatic rings. The highest BCUT2D eigenvalue weighted by molar-refractivity contribution is 6.01. The Labute approximate surface area is 638 Å². The van der Waals surface area contributed by atoms with Crippen molar-refractivity contribution in [2.45, 2.75) is 281 Å². The van der Waals surface area contributed by atoms with Gasteiger partial charge in [0.25, 0.3) is 0 Å². The van der Waals surface area contributed by atoms with Gasteiger partial charge in [-0.2, -0.15) is 13.2 Å². The van der Waals surface area contributed by atoms with Crippen LogP contribution in [0.2, 0.25) is 0 Å². The molecule has 4 heterocycles. The van der Waals surface area contributed by atoms with Crippen LogP contribution in [-0.2, 0) is 67.0 Å². The number of ether oxygens (including phenoxy) is 2. The number of halogens is 3. The molecule has 608 valence electrons. The van der Waals surface area contributed by atoms with Crippen LogP contribution in [0.4, 0.5) is 13.2 Å². The van der Waals surface area contributed by atoms with Crippen LogP contribution in [-0.4, -0.2) is 283 Å². The van der Waals surface area contributed by atoms with Gasteiger partial charge in [0.15, 0.2) is 0 Å². The minimum Gasteiger partial charge on any atom is -0.381 e. The number of methoxy groups -OCH3 is 2. The number of fused-ring (bicyclic) bond motifs is 4. The van der Waals surface area contributed by atoms with Crippen LogP contribution < -0.4 is 16.0 Å². The van der Waals surface area contributed by atoms with Crippen molar-refractivity contribution in [1.29, 1.82) is 0 Å². The molecular formula is C79H127F3N12O14. The Morgan fingerprint density at radius 3 is 1.90 bits per heavy atom. The lowest BCUT2D eigenvalue weighted by molar-refractivity contribution is -0.215. The first-order valence-corrected chi connectivity index (χ1v) is 39.9. The van der Waals surface area contributed by atoms with Crippen molar-refractivity contribution >= 4 is 70.9 Å². The van der Waals surface area contributed by atoms with Crippen molar-refractivity contribution < 1.29 is 80.2 Å². The van der Waals surface area contributed by atoms with E-state index in [1.165, 1.54) is 108 Å². The van der Waals surface area contributed by atoms with Gasteiger partial charge in [0.05, 0.1) is 31.1 Å². The molecule has 0 aromatic carbocycles. The molecule has 0 aromatic heterocycles. The summed E-state index contributed by atoms with van der Waals surface area (Å²) in [5.74, 6) is -10.4. The summed E-state index contributed by atoms with van der Waals surface area (Å²) >= 11 is 0. The molecule has 108 heavy (non-hydrogen) atoms. The third kappa shape index (κ3) is 20.0. The van der Waals surface area contributed by atoms with E-state index in [-0.39, 0.29) is 114 Å². The van der Waals surface area contributed by atoms with E-state index >= 15 is 47.9 Å². The Morgan fingerprint density at radius 2 is 1.30 bits per heavy atom. The molecule has 29 heteroatoms. The summed E-state index contributed by atoms with van der Waals surface area (Å²) in [6.45, 7) is 12.8. The number of alkyl halides is 3. The van der Waals surface area contributed by atoms with E-state index < -0.39 is 185 Å². The largest absolute Gasteiger partial charge is 0.394 e. The number of carbonyl (C=O) groups excluding carboxylic acids is 12. The number of carbonyl (C=O) groups is 12. The summed E-state index contributed by atoms with van der Waals surface area (Å²) in [6.07, 6.45) is 4.66. The number of nitrogens with zero attached hydrogens (tertiary/aromatic N) is 9. The first-order valence-electron chi connectivity index (χ1n) is 39.9. The maximum atomic E-state index is 15.8. The summed E-state index contributed by atoms with van der Waals surface area (Å²) in [4.78, 5) is 196. The molecule has 26 nitrogen and oxygen atoms in total. The van der Waals surface area contributed by atoms with E-state index in [1.807, 2.05) is 46.8 Å². The topological polar surface area (TPSA) is 289 Å². The van der Waals surface area contributed by atoms with Crippen molar-refractivity contribution in [2.24, 2.45) is 46.8 Å². The molecule has 4 saturated carbocycles. The van der Waals surface area contributed by atoms with Gasteiger partial charge in [-0.1, -0.05) is 112 Å². The quantitative estimate of drug-likeness (QED) is 0.170. The van der Waals surface area contributed by atoms with E-state index in [4.69, 9.17) is 9.47 Å². The highest BCUT2D eigenvalue weighted by Crippen LogP contribution is 2.50. The fourth-order valence-electron chi connectivity index (χ4n) is 19.0. The van der Waals surface area contributed by atoms with Crippen LogP contribution >= 0.6 is 0 Å². The molecule has 8 aliphatic rings. The fourth-order valence-corrected chi connectivity index (χ4v) is 19.0. The third-order valence-electron chi connectivity index (χ3n) is 25.5. The van der Waals surface area contributed by atoms with E-state index in [9.17, 15) is 22.8 Å². The maximum absolute atomic E-state index is 15.8. The smallest absolute Gasteiger partial charge is 0.381 e. The number of nitrogens with one attached hydrogen (secondary N) is 3. The van der Waals surface area contributed by atoms with Crippen LogP contribution in [0.1, 0.15) is 203 Å². The highest BCUT2D eigenvalue weighted by atomic mass is 19.4. The van der Waals surface area contributed by atoms with Crippen LogP contribution in [0.15, 0.2) is 12.2 Å². The lowest BCUT2D eigenvalue weighted by Gasteiger charge is -2.54. The van der Waals surface area contributed by atoms with Crippen molar-refractivity contribution in [3.63, 3.8) is 0 Å². The Balaban J connectivity index is 1.22. The van der Waals surface area contributed by atoms with Gasteiger partial charge in [0.2, 0.25) is 70.9 Å². The summed E-state index contributed by atoms with van der Waals surface area (Å²) in [5, 5.41) is 9.00. The zero-order valence-corrected chi connectivity index (χ0v) is 67.2. The minimum absolute atomic E-state index is 0.00862. The van der Waals surface area contributed by atoms with E-state index in [0.717, 1.165) is 38.5 Å². The average Bonchev–Trinajstić information content (AvgIpc) is 0.850. The Kier molecular flexibility index (Phi) is 29.7. The minimum atomic E-state index is -4.51. The third-order valence-corrected chi connectivity index (χ3v) is 25.5. The molecule has 3 saturated heterocycles. The molecule has 4 aliphatic heterocycles. The normalized spacial score (nSPS) is 33.5. The predicted molar refractivity (Wildman–Crippen MR) is 398 cm³/mol. The second-order valence-corrected chi connectivity index (χ2v) is 34.4. The van der Waals surface area contributed by atoms with Gasteiger partial charge < -0.3 is 69.5 Å². The number of hydrogen-bond acceptors (Lipinski definition) is 14. The van der Waals surface area contributed by atoms with Crippen molar-refractivity contribution in [2.75, 3.05) is 89.7 Å². The monoisotopic (exact) mass is 1520 g/mol. The van der Waals surface area contributed by atoms with Gasteiger partial charge in [-0.25, -0.2) is 0 Å². The number of hydrogen-bond donors (Lipinski definition) is 3. The van der Waals surface area contributed by atoms with Crippen LogP contribution in [0.25, 0.3) is 0 Å². The second-order valence-electron chi connectivity index (χ2n) is 34.4. The number of likely N-dealkylation sites (N-methyl/N-ethyl adjacent to an activating group) is 6. The lowest BCUT2D eigenvalue weighted by Crippen LogP contribution is -2.71. The lowest BCUT2D eigenvalue weighted by atomic mass is 9.58. The van der Waals surface area contributed by atoms with Gasteiger partial charge >= 0.3 is 6.18 Å². The number of rotatable bonds is 13. The Hall–Kier alpha value is -6.91. The standard InChI is InChI=1S/C79H127F3N12O14/c1-17-24-56-67(97)84-65(49(5)18-2)74(104)94-43-53(107-15)40-61(94)72(102)89(12)57-27-20-19-23-36-92(73(57)103)60(38-50-30-28-47(3)29-31-50)71(101)87(10)44-63(95)83-55(35-33-51-32-34-54(79(80,81)82)62(39-51)108-16)69(99)93-42-48(4)37-58(93)68(98)85-78(45-77(6,7)46-78)76(106)91(14)66(52-25-21-22-26-52)75(105)90(13)59(70(100)86(8)9)41-64(96)88(56)11/h19-20,47-62,65-66H,17-18,21-46H2,1-16H3,(H,83,95)(H,84,97)(H,85,98)/b20-19-/t47?,48-,49-,50?,51?,53-,54?,55-,56-,57-,58-,59-,60-,61-,62?,65-,66-/m0/s1. The number of amides is 12. The molecule has 1 spiro atoms. The highest BCUT2D eigenvalue weighted by Gasteiger charge is 2.60. The molecule has 0 radical (unpaired) electrons. The van der Waals surface area contributed by atoms with Gasteiger partial charge in [0.1, 0.15) is 59.9 Å². The predicted octanol–water partition coefficient (Wildman–Crippen LogP) is 6.32. The molecular weight excluding hydrogens is 1400 g/mol. The van der Waals surface area contributed by atoms with Crippen molar-refractivity contribution in [3.8, 4) is 0 Å². The molecule has 3 unspecified atom stereocenters. The molecule has 7 fully saturated rings. The average molecular weight is 1530 g/mol. The van der Waals surface area contributed by atoms with Crippen molar-refractivity contribution in [3.05, 3.63) is 12.2 Å². The molecule has 12 amide bonds.